The molecule has 1 fully saturated rings. The fourth-order valence-electron chi connectivity index (χ4n) is 3.99. The fraction of sp³-hybridized carbons (Fsp3) is 0.333. The van der Waals surface area contributed by atoms with Gasteiger partial charge in [0, 0.05) is 23.2 Å². The molecule has 5 heteroatoms. The fourth-order valence-corrected chi connectivity index (χ4v) is 3.99. The highest BCUT2D eigenvalue weighted by Gasteiger charge is 2.48. The number of ether oxygens (including phenoxy) is 1. The van der Waals surface area contributed by atoms with Crippen molar-refractivity contribution in [2.45, 2.75) is 32.7 Å². The van der Waals surface area contributed by atoms with Gasteiger partial charge < -0.3 is 14.6 Å². The molecule has 0 saturated heterocycles. The maximum Gasteiger partial charge on any atom is 0.251 e. The summed E-state index contributed by atoms with van der Waals surface area (Å²) >= 11 is 0. The first-order valence-electron chi connectivity index (χ1n) is 9.93. The van der Waals surface area contributed by atoms with Crippen LogP contribution in [0.15, 0.2) is 65.2 Å². The zero-order valence-electron chi connectivity index (χ0n) is 17.0. The molecule has 1 aliphatic rings. The van der Waals surface area contributed by atoms with Gasteiger partial charge in [0.1, 0.15) is 5.75 Å². The lowest BCUT2D eigenvalue weighted by atomic mass is 9.57. The highest BCUT2D eigenvalue weighted by molar-refractivity contribution is 5.94. The predicted octanol–water partition coefficient (Wildman–Crippen LogP) is 4.74. The summed E-state index contributed by atoms with van der Waals surface area (Å²) in [6.45, 7) is 4.42. The van der Waals surface area contributed by atoms with Crippen LogP contribution in [0, 0.1) is 11.3 Å². The summed E-state index contributed by atoms with van der Waals surface area (Å²) in [6.07, 6.45) is 1.78. The van der Waals surface area contributed by atoms with Crippen LogP contribution < -0.4 is 10.1 Å². The average Bonchev–Trinajstić information content (AvgIpc) is 3.22. The van der Waals surface area contributed by atoms with Gasteiger partial charge >= 0.3 is 0 Å². The lowest BCUT2D eigenvalue weighted by molar-refractivity contribution is 0.0138. The van der Waals surface area contributed by atoms with Crippen LogP contribution in [0.25, 0.3) is 11.3 Å². The van der Waals surface area contributed by atoms with Crippen molar-refractivity contribution in [1.29, 1.82) is 0 Å². The Labute approximate surface area is 171 Å². The first kappa shape index (κ1) is 19.2. The van der Waals surface area contributed by atoms with E-state index in [-0.39, 0.29) is 17.4 Å². The van der Waals surface area contributed by atoms with Crippen LogP contribution in [-0.4, -0.2) is 24.2 Å². The molecule has 1 N–H and O–H groups in total. The number of nitrogens with one attached hydrogen (secondary N) is 1. The third-order valence-corrected chi connectivity index (χ3v) is 6.20. The van der Waals surface area contributed by atoms with Gasteiger partial charge in [-0.15, -0.1) is 0 Å². The van der Waals surface area contributed by atoms with Gasteiger partial charge in [-0.25, -0.2) is 0 Å². The number of rotatable bonds is 6. The van der Waals surface area contributed by atoms with E-state index in [1.807, 2.05) is 60.7 Å². The van der Waals surface area contributed by atoms with Gasteiger partial charge in [0.25, 0.3) is 5.91 Å². The number of carbonyl (C=O) groups is 1. The van der Waals surface area contributed by atoms with E-state index in [2.05, 4.69) is 24.3 Å². The zero-order valence-corrected chi connectivity index (χ0v) is 17.0. The van der Waals surface area contributed by atoms with Crippen molar-refractivity contribution >= 4 is 5.91 Å². The van der Waals surface area contributed by atoms with E-state index in [0.29, 0.717) is 11.5 Å². The van der Waals surface area contributed by atoms with E-state index >= 15 is 0 Å². The van der Waals surface area contributed by atoms with Crippen LogP contribution >= 0.6 is 0 Å². The van der Waals surface area contributed by atoms with Gasteiger partial charge in [-0.05, 0) is 60.6 Å². The average molecular weight is 390 g/mol. The van der Waals surface area contributed by atoms with Gasteiger partial charge in [0.2, 0.25) is 0 Å². The van der Waals surface area contributed by atoms with Gasteiger partial charge in [0.15, 0.2) is 5.76 Å². The second-order valence-electron chi connectivity index (χ2n) is 8.26. The molecule has 29 heavy (non-hydrogen) atoms. The minimum Gasteiger partial charge on any atom is -0.497 e. The van der Waals surface area contributed by atoms with E-state index in [4.69, 9.17) is 9.26 Å². The molecule has 0 unspecified atom stereocenters. The standard InChI is InChI=1S/C24H26N2O3/c1-24(2)18(14-22(24)25-23(27)17-7-5-4-6-8-17)13-19-15-21(29-26-19)16-9-11-20(28-3)12-10-16/h4-12,15,18,22H,13-14H2,1-3H3,(H,25,27)/t18-,22+/m1/s1. The number of hydrogen-bond donors (Lipinski definition) is 1. The molecule has 1 heterocycles. The third-order valence-electron chi connectivity index (χ3n) is 6.20. The van der Waals surface area contributed by atoms with E-state index in [1.54, 1.807) is 7.11 Å². The van der Waals surface area contributed by atoms with Crippen molar-refractivity contribution in [2.75, 3.05) is 7.11 Å². The smallest absolute Gasteiger partial charge is 0.251 e. The Morgan fingerprint density at radius 3 is 2.55 bits per heavy atom. The molecule has 0 aliphatic heterocycles. The van der Waals surface area contributed by atoms with E-state index in [1.165, 1.54) is 0 Å². The molecule has 0 spiro atoms. The molecule has 150 valence electrons. The summed E-state index contributed by atoms with van der Waals surface area (Å²) in [5.41, 5.74) is 2.63. The van der Waals surface area contributed by atoms with E-state index in [0.717, 1.165) is 35.6 Å². The normalized spacial score (nSPS) is 20.0. The number of methoxy groups -OCH3 is 1. The van der Waals surface area contributed by atoms with Crippen LogP contribution in [0.2, 0.25) is 0 Å². The Balaban J connectivity index is 1.37. The zero-order chi connectivity index (χ0) is 20.4. The van der Waals surface area contributed by atoms with Crippen molar-refractivity contribution < 1.29 is 14.1 Å². The molecule has 5 nitrogen and oxygen atoms in total. The van der Waals surface area contributed by atoms with Crippen molar-refractivity contribution in [3.05, 3.63) is 71.9 Å². The monoisotopic (exact) mass is 390 g/mol. The Hall–Kier alpha value is -3.08. The Kier molecular flexibility index (Phi) is 5.14. The van der Waals surface area contributed by atoms with Crippen LogP contribution in [0.3, 0.4) is 0 Å². The summed E-state index contributed by atoms with van der Waals surface area (Å²) in [6, 6.07) is 19.3. The molecule has 0 bridgehead atoms. The highest BCUT2D eigenvalue weighted by Crippen LogP contribution is 2.48. The molecular weight excluding hydrogens is 364 g/mol. The predicted molar refractivity (Wildman–Crippen MR) is 112 cm³/mol. The van der Waals surface area contributed by atoms with Crippen molar-refractivity contribution in [1.82, 2.24) is 10.5 Å². The lowest BCUT2D eigenvalue weighted by Crippen LogP contribution is -2.58. The summed E-state index contributed by atoms with van der Waals surface area (Å²) in [4.78, 5) is 12.5. The Morgan fingerprint density at radius 1 is 1.17 bits per heavy atom. The Bertz CT molecular complexity index is 977. The molecule has 0 radical (unpaired) electrons. The number of aromatic nitrogens is 1. The van der Waals surface area contributed by atoms with Gasteiger partial charge in [-0.2, -0.15) is 0 Å². The molecular formula is C24H26N2O3. The second-order valence-corrected chi connectivity index (χ2v) is 8.26. The number of benzene rings is 2. The van der Waals surface area contributed by atoms with Gasteiger partial charge in [0.05, 0.1) is 12.8 Å². The van der Waals surface area contributed by atoms with Crippen LogP contribution in [0.5, 0.6) is 5.75 Å². The van der Waals surface area contributed by atoms with Crippen molar-refractivity contribution in [2.24, 2.45) is 11.3 Å². The summed E-state index contributed by atoms with van der Waals surface area (Å²) in [5.74, 6) is 2.00. The van der Waals surface area contributed by atoms with Crippen molar-refractivity contribution in [3.8, 4) is 17.1 Å². The molecule has 2 atom stereocenters. The maximum absolute atomic E-state index is 12.5. The quantitative estimate of drug-likeness (QED) is 0.660. The first-order chi connectivity index (χ1) is 14.0. The van der Waals surface area contributed by atoms with Crippen LogP contribution in [0.4, 0.5) is 0 Å². The van der Waals surface area contributed by atoms with Gasteiger partial charge in [-0.1, -0.05) is 37.2 Å². The molecule has 4 rings (SSSR count). The molecule has 2 aromatic carbocycles. The summed E-state index contributed by atoms with van der Waals surface area (Å²) in [7, 11) is 1.65. The molecule has 1 saturated carbocycles. The van der Waals surface area contributed by atoms with E-state index in [9.17, 15) is 4.79 Å². The molecule has 3 aromatic rings. The van der Waals surface area contributed by atoms with E-state index < -0.39 is 0 Å². The highest BCUT2D eigenvalue weighted by atomic mass is 16.5. The van der Waals surface area contributed by atoms with Crippen LogP contribution in [-0.2, 0) is 6.42 Å². The maximum atomic E-state index is 12.5. The first-order valence-corrected chi connectivity index (χ1v) is 9.93. The largest absolute Gasteiger partial charge is 0.497 e. The molecule has 1 aromatic heterocycles. The second kappa shape index (κ2) is 7.74. The minimum absolute atomic E-state index is 0.00364. The third kappa shape index (κ3) is 3.90. The SMILES string of the molecule is COc1ccc(-c2cc(C[C@@H]3C[C@H](NC(=O)c4ccccc4)C3(C)C)no2)cc1. The number of hydrogen-bond acceptors (Lipinski definition) is 4. The van der Waals surface area contributed by atoms with Gasteiger partial charge in [-0.3, -0.25) is 4.79 Å². The van der Waals surface area contributed by atoms with Crippen molar-refractivity contribution in [3.63, 3.8) is 0 Å². The summed E-state index contributed by atoms with van der Waals surface area (Å²) < 4.78 is 10.7. The number of nitrogens with zero attached hydrogens (tertiary/aromatic N) is 1. The molecule has 1 amide bonds. The topological polar surface area (TPSA) is 64.4 Å². The lowest BCUT2D eigenvalue weighted by Gasteiger charge is -2.52. The Morgan fingerprint density at radius 2 is 1.90 bits per heavy atom. The number of carbonyl (C=O) groups excluding carboxylic acids is 1. The van der Waals surface area contributed by atoms with Crippen LogP contribution in [0.1, 0.15) is 36.3 Å². The summed E-state index contributed by atoms with van der Waals surface area (Å²) in [5, 5.41) is 7.45. The minimum atomic E-state index is -0.00893. The molecule has 1 aliphatic carbocycles. The number of amides is 1.